The number of hydrogen-bond donors (Lipinski definition) is 2. The molecule has 0 saturated heterocycles. The van der Waals surface area contributed by atoms with Gasteiger partial charge in [0.05, 0.1) is 11.5 Å². The molecule has 0 heterocycles. The maximum Gasteiger partial charge on any atom is 0.347 e. The number of benzene rings is 2. The third-order valence-corrected chi connectivity index (χ3v) is 3.50. The van der Waals surface area contributed by atoms with Crippen LogP contribution in [0.4, 0.5) is 0 Å². The van der Waals surface area contributed by atoms with E-state index < -0.39 is 17.9 Å². The molecule has 0 spiro atoms. The SMILES string of the molecule is CC(C(=O)OC(=O)C(=CN=CNN)c1ccccc1)c1ccccc1. The number of hydrazine groups is 1. The van der Waals surface area contributed by atoms with Crippen LogP contribution in [0.15, 0.2) is 71.9 Å². The fourth-order valence-electron chi connectivity index (χ4n) is 2.13. The number of nitrogens with two attached hydrogens (primary N) is 1. The van der Waals surface area contributed by atoms with Crippen LogP contribution in [0.3, 0.4) is 0 Å². The fraction of sp³-hybridized carbons (Fsp3) is 0.105. The van der Waals surface area contributed by atoms with Crippen molar-refractivity contribution in [1.82, 2.24) is 5.43 Å². The van der Waals surface area contributed by atoms with Crippen LogP contribution in [0.2, 0.25) is 0 Å². The average Bonchev–Trinajstić information content (AvgIpc) is 2.66. The minimum Gasteiger partial charge on any atom is -0.389 e. The molecule has 0 radical (unpaired) electrons. The predicted molar refractivity (Wildman–Crippen MR) is 96.2 cm³/mol. The summed E-state index contributed by atoms with van der Waals surface area (Å²) in [6, 6.07) is 17.9. The minimum atomic E-state index is -0.770. The Kier molecular flexibility index (Phi) is 6.62. The number of esters is 2. The molecule has 0 aliphatic carbocycles. The largest absolute Gasteiger partial charge is 0.389 e. The molecule has 0 aliphatic heterocycles. The summed E-state index contributed by atoms with van der Waals surface area (Å²) in [6.45, 7) is 1.69. The molecular weight excluding hydrogens is 318 g/mol. The maximum absolute atomic E-state index is 12.4. The van der Waals surface area contributed by atoms with Crippen molar-refractivity contribution >= 4 is 23.9 Å². The van der Waals surface area contributed by atoms with Gasteiger partial charge in [-0.25, -0.2) is 15.6 Å². The van der Waals surface area contributed by atoms with E-state index in [2.05, 4.69) is 10.4 Å². The van der Waals surface area contributed by atoms with Gasteiger partial charge in [-0.15, -0.1) is 0 Å². The number of ether oxygens (including phenoxy) is 1. The number of carbonyl (C=O) groups excluding carboxylic acids is 2. The molecule has 25 heavy (non-hydrogen) atoms. The van der Waals surface area contributed by atoms with E-state index in [-0.39, 0.29) is 5.57 Å². The lowest BCUT2D eigenvalue weighted by Crippen LogP contribution is -2.19. The predicted octanol–water partition coefficient (Wildman–Crippen LogP) is 2.39. The van der Waals surface area contributed by atoms with E-state index in [9.17, 15) is 9.59 Å². The zero-order chi connectivity index (χ0) is 18.1. The van der Waals surface area contributed by atoms with Gasteiger partial charge < -0.3 is 10.2 Å². The summed E-state index contributed by atoms with van der Waals surface area (Å²) in [5.74, 6) is 3.16. The third kappa shape index (κ3) is 5.12. The second kappa shape index (κ2) is 9.14. The molecule has 6 nitrogen and oxygen atoms in total. The molecule has 128 valence electrons. The number of nitrogens with one attached hydrogen (secondary N) is 1. The van der Waals surface area contributed by atoms with Crippen molar-refractivity contribution in [2.24, 2.45) is 10.8 Å². The molecule has 0 saturated carbocycles. The fourth-order valence-corrected chi connectivity index (χ4v) is 2.13. The zero-order valence-corrected chi connectivity index (χ0v) is 13.8. The van der Waals surface area contributed by atoms with Gasteiger partial charge >= 0.3 is 11.9 Å². The second-order valence-corrected chi connectivity index (χ2v) is 5.19. The van der Waals surface area contributed by atoms with E-state index in [0.717, 1.165) is 5.56 Å². The number of aliphatic imine (C=N–C) groups is 1. The van der Waals surface area contributed by atoms with E-state index in [4.69, 9.17) is 10.6 Å². The van der Waals surface area contributed by atoms with Crippen molar-refractivity contribution in [2.45, 2.75) is 12.8 Å². The highest BCUT2D eigenvalue weighted by Gasteiger charge is 2.22. The Balaban J connectivity index is 2.18. The van der Waals surface area contributed by atoms with Crippen LogP contribution in [0.5, 0.6) is 0 Å². The molecule has 0 bridgehead atoms. The van der Waals surface area contributed by atoms with Gasteiger partial charge in [0.1, 0.15) is 6.34 Å². The lowest BCUT2D eigenvalue weighted by atomic mass is 10.0. The van der Waals surface area contributed by atoms with Gasteiger partial charge in [0.2, 0.25) is 0 Å². The highest BCUT2D eigenvalue weighted by atomic mass is 16.6. The van der Waals surface area contributed by atoms with E-state index in [0.29, 0.717) is 5.56 Å². The molecule has 2 rings (SSSR count). The molecule has 2 aromatic carbocycles. The zero-order valence-electron chi connectivity index (χ0n) is 13.8. The lowest BCUT2D eigenvalue weighted by molar-refractivity contribution is -0.156. The lowest BCUT2D eigenvalue weighted by Gasteiger charge is -2.11. The Bertz CT molecular complexity index is 771. The van der Waals surface area contributed by atoms with Crippen molar-refractivity contribution in [3.63, 3.8) is 0 Å². The van der Waals surface area contributed by atoms with E-state index in [1.54, 1.807) is 31.2 Å². The Labute approximate surface area is 146 Å². The quantitative estimate of drug-likeness (QED) is 0.161. The summed E-state index contributed by atoms with van der Waals surface area (Å²) < 4.78 is 5.04. The number of carbonyl (C=O) groups is 2. The molecular formula is C19H19N3O3. The Morgan fingerprint density at radius 2 is 1.68 bits per heavy atom. The van der Waals surface area contributed by atoms with Crippen molar-refractivity contribution in [3.05, 3.63) is 78.0 Å². The molecule has 0 fully saturated rings. The number of hydrogen-bond acceptors (Lipinski definition) is 5. The molecule has 0 amide bonds. The van der Waals surface area contributed by atoms with Crippen LogP contribution in [0, 0.1) is 0 Å². The summed E-state index contributed by atoms with van der Waals surface area (Å²) in [4.78, 5) is 28.6. The monoisotopic (exact) mass is 337 g/mol. The number of nitrogens with zero attached hydrogens (tertiary/aromatic N) is 1. The first kappa shape index (κ1) is 18.1. The normalized spacial score (nSPS) is 12.6. The summed E-state index contributed by atoms with van der Waals surface area (Å²) in [5.41, 5.74) is 3.75. The van der Waals surface area contributed by atoms with Crippen molar-refractivity contribution < 1.29 is 14.3 Å². The van der Waals surface area contributed by atoms with Gasteiger partial charge in [-0.2, -0.15) is 0 Å². The maximum atomic E-state index is 12.4. The highest BCUT2D eigenvalue weighted by Crippen LogP contribution is 2.20. The van der Waals surface area contributed by atoms with Crippen LogP contribution in [-0.4, -0.2) is 18.3 Å². The standard InChI is InChI=1S/C19H19N3O3/c1-14(15-8-4-2-5-9-15)18(23)25-19(24)17(12-21-13-22-20)16-10-6-3-7-11-16/h2-14H,20H2,1H3,(H,21,22). The summed E-state index contributed by atoms with van der Waals surface area (Å²) >= 11 is 0. The van der Waals surface area contributed by atoms with Gasteiger partial charge in [0.15, 0.2) is 0 Å². The summed E-state index contributed by atoms with van der Waals surface area (Å²) in [5, 5.41) is 0. The van der Waals surface area contributed by atoms with Gasteiger partial charge in [-0.1, -0.05) is 60.7 Å². The molecule has 2 aromatic rings. The molecule has 0 aromatic heterocycles. The third-order valence-electron chi connectivity index (χ3n) is 3.50. The summed E-state index contributed by atoms with van der Waals surface area (Å²) in [6.07, 6.45) is 2.50. The molecule has 3 N–H and O–H groups in total. The summed E-state index contributed by atoms with van der Waals surface area (Å²) in [7, 11) is 0. The van der Waals surface area contributed by atoms with Crippen LogP contribution < -0.4 is 11.3 Å². The molecule has 0 aliphatic rings. The van der Waals surface area contributed by atoms with E-state index >= 15 is 0 Å². The molecule has 6 heteroatoms. The Morgan fingerprint density at radius 3 is 2.28 bits per heavy atom. The average molecular weight is 337 g/mol. The molecule has 1 unspecified atom stereocenters. The van der Waals surface area contributed by atoms with E-state index in [1.807, 2.05) is 36.4 Å². The Morgan fingerprint density at radius 1 is 1.08 bits per heavy atom. The van der Waals surface area contributed by atoms with Crippen LogP contribution in [0.1, 0.15) is 24.0 Å². The smallest absolute Gasteiger partial charge is 0.347 e. The Hall–Kier alpha value is -3.25. The van der Waals surface area contributed by atoms with Crippen molar-refractivity contribution in [1.29, 1.82) is 0 Å². The van der Waals surface area contributed by atoms with Crippen molar-refractivity contribution in [3.8, 4) is 0 Å². The highest BCUT2D eigenvalue weighted by molar-refractivity contribution is 6.19. The van der Waals surface area contributed by atoms with Gasteiger partial charge in [-0.05, 0) is 18.1 Å². The first-order valence-electron chi connectivity index (χ1n) is 7.67. The van der Waals surface area contributed by atoms with Gasteiger partial charge in [0.25, 0.3) is 0 Å². The topological polar surface area (TPSA) is 93.8 Å². The minimum absolute atomic E-state index is 0.153. The molecule has 1 atom stereocenters. The first-order valence-corrected chi connectivity index (χ1v) is 7.67. The van der Waals surface area contributed by atoms with Gasteiger partial charge in [-0.3, -0.25) is 4.79 Å². The van der Waals surface area contributed by atoms with Crippen LogP contribution >= 0.6 is 0 Å². The van der Waals surface area contributed by atoms with Crippen molar-refractivity contribution in [2.75, 3.05) is 0 Å². The van der Waals surface area contributed by atoms with E-state index in [1.165, 1.54) is 12.5 Å². The van der Waals surface area contributed by atoms with Crippen LogP contribution in [-0.2, 0) is 14.3 Å². The second-order valence-electron chi connectivity index (χ2n) is 5.19. The number of rotatable bonds is 6. The van der Waals surface area contributed by atoms with Gasteiger partial charge in [0, 0.05) is 6.20 Å². The first-order chi connectivity index (χ1) is 12.1. The van der Waals surface area contributed by atoms with Crippen LogP contribution in [0.25, 0.3) is 5.57 Å².